The molecule has 2 aromatic carbocycles. The molecule has 0 radical (unpaired) electrons. The summed E-state index contributed by atoms with van der Waals surface area (Å²) in [5.74, 6) is -0.203. The maximum Gasteiger partial charge on any atom is 0.458 e. The summed E-state index contributed by atoms with van der Waals surface area (Å²) in [5, 5.41) is 1.38. The molecule has 1 fully saturated rings. The fraction of sp³-hybridized carbons (Fsp3) is 0.455. The predicted octanol–water partition coefficient (Wildman–Crippen LogP) is 4.99. The molecule has 2 nitrogen and oxygen atoms in total. The first-order valence-corrected chi connectivity index (χ1v) is 12.8. The van der Waals surface area contributed by atoms with Gasteiger partial charge < -0.3 is 9.31 Å². The van der Waals surface area contributed by atoms with Crippen LogP contribution in [0.25, 0.3) is 0 Å². The van der Waals surface area contributed by atoms with Crippen molar-refractivity contribution in [2.45, 2.75) is 63.9 Å². The van der Waals surface area contributed by atoms with Gasteiger partial charge in [-0.3, -0.25) is 0 Å². The van der Waals surface area contributed by atoms with Crippen molar-refractivity contribution in [3.05, 3.63) is 66.0 Å². The van der Waals surface area contributed by atoms with Gasteiger partial charge in [-0.2, -0.15) is 0 Å². The molecule has 0 aromatic heterocycles. The smallest absolute Gasteiger partial charge is 0.403 e. The van der Waals surface area contributed by atoms with E-state index >= 15 is 0 Å². The van der Waals surface area contributed by atoms with Crippen LogP contribution < -0.4 is 5.19 Å². The molecule has 2 aromatic rings. The van der Waals surface area contributed by atoms with Crippen molar-refractivity contribution < 1.29 is 13.7 Å². The van der Waals surface area contributed by atoms with Crippen LogP contribution in [0.1, 0.15) is 33.3 Å². The maximum absolute atomic E-state index is 13.4. The zero-order valence-electron chi connectivity index (χ0n) is 17.3. The van der Waals surface area contributed by atoms with E-state index < -0.39 is 8.07 Å². The average Bonchev–Trinajstić information content (AvgIpc) is 2.82. The fourth-order valence-corrected chi connectivity index (χ4v) is 6.74. The van der Waals surface area contributed by atoms with Gasteiger partial charge in [-0.15, -0.1) is 0 Å². The van der Waals surface area contributed by atoms with Crippen molar-refractivity contribution in [3.63, 3.8) is 0 Å². The number of hydrogen-bond acceptors (Lipinski definition) is 2. The molecule has 1 saturated heterocycles. The van der Waals surface area contributed by atoms with Crippen molar-refractivity contribution in [1.82, 2.24) is 0 Å². The first kappa shape index (κ1) is 20.3. The van der Waals surface area contributed by atoms with Gasteiger partial charge >= 0.3 is 7.12 Å². The molecule has 0 amide bonds. The van der Waals surface area contributed by atoms with E-state index in [0.717, 1.165) is 12.0 Å². The average molecular weight is 384 g/mol. The van der Waals surface area contributed by atoms with Crippen molar-refractivity contribution >= 4 is 20.4 Å². The highest BCUT2D eigenvalue weighted by Gasteiger charge is 2.56. The van der Waals surface area contributed by atoms with Crippen LogP contribution in [-0.2, 0) is 15.7 Å². The van der Waals surface area contributed by atoms with E-state index in [1.807, 2.05) is 12.1 Å². The second-order valence-corrected chi connectivity index (χ2v) is 13.9. The molecule has 0 bridgehead atoms. The molecule has 144 valence electrons. The van der Waals surface area contributed by atoms with Gasteiger partial charge in [0, 0.05) is 0 Å². The van der Waals surface area contributed by atoms with E-state index in [0.29, 0.717) is 0 Å². The lowest BCUT2D eigenvalue weighted by molar-refractivity contribution is 0.00578. The van der Waals surface area contributed by atoms with Crippen LogP contribution in [0.3, 0.4) is 0 Å². The summed E-state index contributed by atoms with van der Waals surface area (Å²) in [6.45, 7) is 13.1. The monoisotopic (exact) mass is 384 g/mol. The Bertz CT molecular complexity index is 759. The number of halogens is 1. The molecule has 27 heavy (non-hydrogen) atoms. The number of rotatable bonds is 5. The molecule has 1 atom stereocenters. The van der Waals surface area contributed by atoms with Crippen molar-refractivity contribution in [3.8, 4) is 0 Å². The summed E-state index contributed by atoms with van der Waals surface area (Å²) in [6.07, 6.45) is 0.811. The molecule has 0 N–H and O–H groups in total. The molecule has 1 aliphatic heterocycles. The molecule has 1 heterocycles. The Morgan fingerprint density at radius 1 is 0.889 bits per heavy atom. The van der Waals surface area contributed by atoms with Crippen molar-refractivity contribution in [2.24, 2.45) is 0 Å². The summed E-state index contributed by atoms with van der Waals surface area (Å²) < 4.78 is 26.3. The molecule has 5 heteroatoms. The zero-order chi connectivity index (χ0) is 19.9. The third-order valence-electron chi connectivity index (χ3n) is 6.41. The first-order chi connectivity index (χ1) is 12.5. The van der Waals surface area contributed by atoms with Crippen LogP contribution in [0.4, 0.5) is 4.39 Å². The highest BCUT2D eigenvalue weighted by Crippen LogP contribution is 2.43. The number of hydrogen-bond donors (Lipinski definition) is 0. The molecular formula is C22H30BFO2Si. The van der Waals surface area contributed by atoms with Gasteiger partial charge in [0.2, 0.25) is 0 Å². The van der Waals surface area contributed by atoms with Gasteiger partial charge in [-0.05, 0) is 57.3 Å². The molecule has 0 unspecified atom stereocenters. The van der Waals surface area contributed by atoms with E-state index in [-0.39, 0.29) is 29.6 Å². The van der Waals surface area contributed by atoms with E-state index in [2.05, 4.69) is 71.1 Å². The van der Waals surface area contributed by atoms with Crippen LogP contribution >= 0.6 is 0 Å². The largest absolute Gasteiger partial charge is 0.458 e. The zero-order valence-corrected chi connectivity index (χ0v) is 18.3. The predicted molar refractivity (Wildman–Crippen MR) is 113 cm³/mol. The van der Waals surface area contributed by atoms with Gasteiger partial charge in [-0.1, -0.05) is 60.7 Å². The normalized spacial score (nSPS) is 19.9. The van der Waals surface area contributed by atoms with Crippen molar-refractivity contribution in [1.29, 1.82) is 0 Å². The molecule has 3 rings (SSSR count). The first-order valence-electron chi connectivity index (χ1n) is 9.68. The SMILES string of the molecule is CC1(C)OB([C@H](Cc2ccc(F)cc2)[Si](C)(C)c2ccccc2)OC1(C)C. The standard InChI is InChI=1S/C22H30BFO2Si/c1-21(2)22(3,4)26-23(25-21)20(16-17-12-14-18(24)15-13-17)27(5,6)19-10-8-7-9-11-19/h7-15,20H,16H2,1-6H3/t20-/m0/s1. The molecule has 1 aliphatic rings. The maximum atomic E-state index is 13.4. The molecular weight excluding hydrogens is 354 g/mol. The lowest BCUT2D eigenvalue weighted by Crippen LogP contribution is -2.53. The lowest BCUT2D eigenvalue weighted by Gasteiger charge is -2.34. The van der Waals surface area contributed by atoms with Crippen molar-refractivity contribution in [2.75, 3.05) is 0 Å². The van der Waals surface area contributed by atoms with Gasteiger partial charge in [0.25, 0.3) is 0 Å². The Morgan fingerprint density at radius 3 is 1.93 bits per heavy atom. The highest BCUT2D eigenvalue weighted by molar-refractivity contribution is 6.97. The molecule has 0 saturated carbocycles. The second kappa shape index (κ2) is 7.19. The Hall–Kier alpha value is -1.43. The minimum Gasteiger partial charge on any atom is -0.403 e. The van der Waals surface area contributed by atoms with Gasteiger partial charge in [0.15, 0.2) is 0 Å². The Morgan fingerprint density at radius 2 is 1.41 bits per heavy atom. The summed E-state index contributed by atoms with van der Waals surface area (Å²) >= 11 is 0. The topological polar surface area (TPSA) is 18.5 Å². The second-order valence-electron chi connectivity index (χ2n) is 9.15. The minimum absolute atomic E-state index is 0.203. The summed E-state index contributed by atoms with van der Waals surface area (Å²) in [6, 6.07) is 17.5. The number of benzene rings is 2. The Kier molecular flexibility index (Phi) is 5.41. The summed E-state index contributed by atoms with van der Waals surface area (Å²) in [7, 11) is -2.22. The minimum atomic E-state index is -1.94. The van der Waals surface area contributed by atoms with Gasteiger partial charge in [0.05, 0.1) is 19.3 Å². The van der Waals surface area contributed by atoms with Crippen LogP contribution in [-0.4, -0.2) is 26.4 Å². The summed E-state index contributed by atoms with van der Waals surface area (Å²) in [5.41, 5.74) is 0.610. The van der Waals surface area contributed by atoms with Gasteiger partial charge in [0.1, 0.15) is 5.82 Å². The Labute approximate surface area is 164 Å². The van der Waals surface area contributed by atoms with Crippen LogP contribution in [0.5, 0.6) is 0 Å². The van der Waals surface area contributed by atoms with Gasteiger partial charge in [-0.25, -0.2) is 4.39 Å². The summed E-state index contributed by atoms with van der Waals surface area (Å²) in [4.78, 5) is 0. The van der Waals surface area contributed by atoms with E-state index in [1.54, 1.807) is 0 Å². The van der Waals surface area contributed by atoms with Crippen LogP contribution in [0.15, 0.2) is 54.6 Å². The Balaban J connectivity index is 1.98. The van der Waals surface area contributed by atoms with E-state index in [9.17, 15) is 4.39 Å². The highest BCUT2D eigenvalue weighted by atomic mass is 28.3. The third kappa shape index (κ3) is 4.05. The van der Waals surface area contributed by atoms with Crippen LogP contribution in [0, 0.1) is 5.82 Å². The third-order valence-corrected chi connectivity index (χ3v) is 10.6. The molecule has 0 aliphatic carbocycles. The van der Waals surface area contributed by atoms with E-state index in [4.69, 9.17) is 9.31 Å². The van der Waals surface area contributed by atoms with E-state index in [1.165, 1.54) is 17.3 Å². The quantitative estimate of drug-likeness (QED) is 0.677. The molecule has 0 spiro atoms. The fourth-order valence-electron chi connectivity index (χ4n) is 3.70. The van der Waals surface area contributed by atoms with Crippen LogP contribution in [0.2, 0.25) is 18.5 Å². The lowest BCUT2D eigenvalue weighted by atomic mass is 9.80.